The molecule has 230 valence electrons. The van der Waals surface area contributed by atoms with Gasteiger partial charge < -0.3 is 34.3 Å². The van der Waals surface area contributed by atoms with Gasteiger partial charge in [-0.05, 0) is 30.0 Å². The molecule has 13 heteroatoms. The Bertz CT molecular complexity index is 1720. The molecule has 0 aliphatic carbocycles. The van der Waals surface area contributed by atoms with Gasteiger partial charge in [0, 0.05) is 44.6 Å². The summed E-state index contributed by atoms with van der Waals surface area (Å²) in [5.74, 6) is 4.18. The fourth-order valence-electron chi connectivity index (χ4n) is 5.14. The molecule has 1 atom stereocenters. The van der Waals surface area contributed by atoms with Gasteiger partial charge in [0.2, 0.25) is 0 Å². The zero-order chi connectivity index (χ0) is 31.4. The van der Waals surface area contributed by atoms with Gasteiger partial charge in [-0.2, -0.15) is 5.10 Å². The van der Waals surface area contributed by atoms with Crippen molar-refractivity contribution in [2.75, 3.05) is 46.8 Å². The maximum atomic E-state index is 15.2. The first-order valence-corrected chi connectivity index (χ1v) is 13.6. The second-order valence-electron chi connectivity index (χ2n) is 9.99. The van der Waals surface area contributed by atoms with Crippen LogP contribution in [0.4, 0.5) is 19.4 Å². The van der Waals surface area contributed by atoms with E-state index in [1.54, 1.807) is 25.1 Å². The Morgan fingerprint density at radius 1 is 1.07 bits per heavy atom. The normalized spacial score (nSPS) is 14.3. The van der Waals surface area contributed by atoms with Gasteiger partial charge in [-0.15, -0.1) is 0 Å². The maximum absolute atomic E-state index is 15.2. The first-order chi connectivity index (χ1) is 21.3. The van der Waals surface area contributed by atoms with Crippen LogP contribution in [0.1, 0.15) is 34.8 Å². The molecule has 4 aromatic rings. The van der Waals surface area contributed by atoms with Crippen molar-refractivity contribution in [1.82, 2.24) is 19.7 Å². The second-order valence-corrected chi connectivity index (χ2v) is 9.99. The van der Waals surface area contributed by atoms with Crippen molar-refractivity contribution in [3.63, 3.8) is 0 Å². The summed E-state index contributed by atoms with van der Waals surface area (Å²) in [6, 6.07) is 8.30. The molecule has 2 aromatic heterocycles. The molecule has 2 N–H and O–H groups in total. The van der Waals surface area contributed by atoms with E-state index >= 15 is 8.78 Å². The van der Waals surface area contributed by atoms with Crippen LogP contribution in [0.25, 0.3) is 10.9 Å². The highest BCUT2D eigenvalue weighted by atomic mass is 19.1. The summed E-state index contributed by atoms with van der Waals surface area (Å²) in [5.41, 5.74) is 1.91. The third-order valence-electron chi connectivity index (χ3n) is 7.38. The fraction of sp³-hybridized carbons (Fsp3) is 0.323. The van der Waals surface area contributed by atoms with Crippen LogP contribution in [-0.4, -0.2) is 72.4 Å². The molecule has 11 nitrogen and oxygen atoms in total. The van der Waals surface area contributed by atoms with Crippen molar-refractivity contribution in [2.45, 2.75) is 25.6 Å². The Kier molecular flexibility index (Phi) is 9.01. The van der Waals surface area contributed by atoms with E-state index in [1.165, 1.54) is 19.1 Å². The van der Waals surface area contributed by atoms with E-state index in [9.17, 15) is 9.90 Å². The minimum Gasteiger partial charge on any atom is -0.497 e. The molecular formula is C31H31F2N5O6. The number of carbonyl (C=O) groups is 1. The number of hydrogen-bond donors (Lipinski definition) is 2. The molecule has 0 radical (unpaired) electrons. The molecule has 0 spiro atoms. The SMILES string of the molecule is COCc1cnc(NCc2ccc(OC)cc2)c2c(C#Cc3c(F)c(OC)cc(OC)c3F)nn([C@H]3CCN(C(=O)O)C3)c12. The van der Waals surface area contributed by atoms with Crippen LogP contribution in [0.2, 0.25) is 0 Å². The van der Waals surface area contributed by atoms with E-state index in [1.807, 2.05) is 24.3 Å². The van der Waals surface area contributed by atoms with Crippen molar-refractivity contribution < 1.29 is 37.6 Å². The van der Waals surface area contributed by atoms with Gasteiger partial charge in [0.15, 0.2) is 23.1 Å². The average Bonchev–Trinajstić information content (AvgIpc) is 3.67. The van der Waals surface area contributed by atoms with E-state index in [-0.39, 0.29) is 36.4 Å². The molecule has 0 unspecified atom stereocenters. The predicted molar refractivity (Wildman–Crippen MR) is 157 cm³/mol. The Hall–Kier alpha value is -5.09. The number of anilines is 1. The largest absolute Gasteiger partial charge is 0.497 e. The number of likely N-dealkylation sites (tertiary alicyclic amines) is 1. The lowest BCUT2D eigenvalue weighted by Crippen LogP contribution is -2.27. The topological polar surface area (TPSA) is 120 Å². The van der Waals surface area contributed by atoms with E-state index in [0.29, 0.717) is 41.8 Å². The van der Waals surface area contributed by atoms with E-state index < -0.39 is 23.3 Å². The molecule has 1 fully saturated rings. The molecule has 2 aromatic carbocycles. The Morgan fingerprint density at radius 2 is 1.77 bits per heavy atom. The number of aromatic nitrogens is 3. The zero-order valence-electron chi connectivity index (χ0n) is 24.6. The number of nitrogens with one attached hydrogen (secondary N) is 1. The number of hydrogen-bond acceptors (Lipinski definition) is 8. The number of benzene rings is 2. The Labute approximate surface area is 252 Å². The monoisotopic (exact) mass is 607 g/mol. The van der Waals surface area contributed by atoms with Gasteiger partial charge in [-0.25, -0.2) is 18.6 Å². The van der Waals surface area contributed by atoms with Crippen molar-refractivity contribution in [3.8, 4) is 29.1 Å². The number of carboxylic acid groups (broad SMARTS) is 1. The first kappa shape index (κ1) is 30.4. The van der Waals surface area contributed by atoms with Crippen molar-refractivity contribution >= 4 is 22.8 Å². The molecule has 44 heavy (non-hydrogen) atoms. The van der Waals surface area contributed by atoms with Crippen LogP contribution in [0.5, 0.6) is 17.2 Å². The van der Waals surface area contributed by atoms with Crippen LogP contribution in [0, 0.1) is 23.5 Å². The first-order valence-electron chi connectivity index (χ1n) is 13.6. The highest BCUT2D eigenvalue weighted by Crippen LogP contribution is 2.35. The summed E-state index contributed by atoms with van der Waals surface area (Å²) >= 11 is 0. The smallest absolute Gasteiger partial charge is 0.407 e. The van der Waals surface area contributed by atoms with Gasteiger partial charge in [0.25, 0.3) is 0 Å². The molecule has 5 rings (SSSR count). The van der Waals surface area contributed by atoms with Crippen molar-refractivity contribution in [1.29, 1.82) is 0 Å². The second kappa shape index (κ2) is 13.0. The highest BCUT2D eigenvalue weighted by molar-refractivity contribution is 5.96. The lowest BCUT2D eigenvalue weighted by atomic mass is 10.1. The number of nitrogens with zero attached hydrogens (tertiary/aromatic N) is 4. The summed E-state index contributed by atoms with van der Waals surface area (Å²) in [5, 5.41) is 18.2. The number of fused-ring (bicyclic) bond motifs is 1. The minimum atomic E-state index is -1.03. The number of ether oxygens (including phenoxy) is 4. The summed E-state index contributed by atoms with van der Waals surface area (Å²) < 4.78 is 52.9. The average molecular weight is 608 g/mol. The van der Waals surface area contributed by atoms with E-state index in [2.05, 4.69) is 22.1 Å². The van der Waals surface area contributed by atoms with Gasteiger partial charge >= 0.3 is 6.09 Å². The molecule has 1 amide bonds. The maximum Gasteiger partial charge on any atom is 0.407 e. The number of amides is 1. The molecule has 1 aliphatic heterocycles. The fourth-order valence-corrected chi connectivity index (χ4v) is 5.14. The molecule has 1 aliphatic rings. The Balaban J connectivity index is 1.68. The molecule has 3 heterocycles. The standard InChI is InChI=1S/C31H31F2N5O6/c1-41-17-19-15-35-30(34-14-18-5-7-21(42-2)8-6-18)26-23(36-38(29(19)26)20-11-12-37(16-20)31(39)40)10-9-22-27(32)24(43-3)13-25(44-4)28(22)33/h5-8,13,15,20H,11-12,14,16-17H2,1-4H3,(H,34,35)(H,39,40)/t20-/m0/s1. The third-order valence-corrected chi connectivity index (χ3v) is 7.38. The van der Waals surface area contributed by atoms with Crippen molar-refractivity contribution in [3.05, 3.63) is 70.5 Å². The lowest BCUT2D eigenvalue weighted by Gasteiger charge is -2.16. The number of pyridine rings is 1. The van der Waals surface area contributed by atoms with E-state index in [4.69, 9.17) is 24.0 Å². The summed E-state index contributed by atoms with van der Waals surface area (Å²) in [7, 11) is 5.66. The lowest BCUT2D eigenvalue weighted by molar-refractivity contribution is 0.154. The third kappa shape index (κ3) is 5.89. The van der Waals surface area contributed by atoms with Gasteiger partial charge in [-0.1, -0.05) is 18.1 Å². The van der Waals surface area contributed by atoms with Crippen LogP contribution >= 0.6 is 0 Å². The molecule has 0 saturated carbocycles. The molecular weight excluding hydrogens is 576 g/mol. The van der Waals surface area contributed by atoms with Crippen LogP contribution in [-0.2, 0) is 17.9 Å². The quantitative estimate of drug-likeness (QED) is 0.258. The molecule has 0 bridgehead atoms. The van der Waals surface area contributed by atoms with E-state index in [0.717, 1.165) is 17.4 Å². The Morgan fingerprint density at radius 3 is 2.36 bits per heavy atom. The summed E-state index contributed by atoms with van der Waals surface area (Å²) in [6.07, 6.45) is 1.14. The van der Waals surface area contributed by atoms with Crippen LogP contribution in [0.15, 0.2) is 36.5 Å². The van der Waals surface area contributed by atoms with Crippen LogP contribution in [0.3, 0.4) is 0 Å². The number of rotatable bonds is 9. The predicted octanol–water partition coefficient (Wildman–Crippen LogP) is 4.82. The van der Waals surface area contributed by atoms with Crippen molar-refractivity contribution in [2.24, 2.45) is 0 Å². The zero-order valence-corrected chi connectivity index (χ0v) is 24.6. The van der Waals surface area contributed by atoms with Gasteiger partial charge in [-0.3, -0.25) is 4.68 Å². The van der Waals surface area contributed by atoms with Gasteiger partial charge in [0.1, 0.15) is 22.8 Å². The minimum absolute atomic E-state index is 0.187. The number of methoxy groups -OCH3 is 4. The van der Waals surface area contributed by atoms with Crippen LogP contribution < -0.4 is 19.5 Å². The van der Waals surface area contributed by atoms with Gasteiger partial charge in [0.05, 0.1) is 44.9 Å². The summed E-state index contributed by atoms with van der Waals surface area (Å²) in [6.45, 7) is 1.11. The summed E-state index contributed by atoms with van der Waals surface area (Å²) in [4.78, 5) is 17.6. The highest BCUT2D eigenvalue weighted by Gasteiger charge is 2.31. The number of halogens is 2. The molecule has 1 saturated heterocycles.